The molecule has 1 heterocycles. The first kappa shape index (κ1) is 22.8. The number of hydrogen-bond acceptors (Lipinski definition) is 2. The summed E-state index contributed by atoms with van der Waals surface area (Å²) in [5.74, 6) is 0.0289. The summed E-state index contributed by atoms with van der Waals surface area (Å²) in [4.78, 5) is 11.5. The lowest BCUT2D eigenvalue weighted by Crippen LogP contribution is -2.62. The van der Waals surface area contributed by atoms with Crippen LogP contribution in [0.2, 0.25) is 0 Å². The predicted molar refractivity (Wildman–Crippen MR) is 111 cm³/mol. The fourth-order valence-electron chi connectivity index (χ4n) is 3.89. The summed E-state index contributed by atoms with van der Waals surface area (Å²) in [5.41, 5.74) is 0. The second kappa shape index (κ2) is 13.0. The summed E-state index contributed by atoms with van der Waals surface area (Å²) in [6.45, 7) is 9.07. The van der Waals surface area contributed by atoms with E-state index in [1.54, 1.807) is 6.92 Å². The molecule has 4 heteroatoms. The summed E-state index contributed by atoms with van der Waals surface area (Å²) in [7, 11) is 0. The van der Waals surface area contributed by atoms with Gasteiger partial charge < -0.3 is 10.6 Å². The van der Waals surface area contributed by atoms with E-state index < -0.39 is 0 Å². The van der Waals surface area contributed by atoms with Crippen molar-refractivity contribution in [2.24, 2.45) is 0 Å². The first-order chi connectivity index (χ1) is 12.6. The zero-order valence-corrected chi connectivity index (χ0v) is 17.6. The molecule has 3 unspecified atom stereocenters. The summed E-state index contributed by atoms with van der Waals surface area (Å²) in [6, 6.07) is 0. The molecule has 4 nitrogen and oxygen atoms in total. The van der Waals surface area contributed by atoms with Crippen LogP contribution in [0.25, 0.3) is 0 Å². The molecule has 0 fully saturated rings. The second-order valence-corrected chi connectivity index (χ2v) is 7.66. The molecule has 1 aliphatic rings. The fraction of sp³-hybridized carbons (Fsp3) is 0.773. The molecule has 0 radical (unpaired) electrons. The molecule has 1 aliphatic heterocycles. The third-order valence-electron chi connectivity index (χ3n) is 5.61. The number of nitrogens with one attached hydrogen (secondary N) is 2. The maximum atomic E-state index is 11.5. The van der Waals surface area contributed by atoms with Crippen LogP contribution < -0.4 is 10.6 Å². The van der Waals surface area contributed by atoms with Crippen LogP contribution >= 0.6 is 0 Å². The Morgan fingerprint density at radius 2 is 1.73 bits per heavy atom. The van der Waals surface area contributed by atoms with Gasteiger partial charge in [-0.05, 0) is 25.8 Å². The minimum absolute atomic E-state index is 0.0289. The summed E-state index contributed by atoms with van der Waals surface area (Å²) in [5, 5.41) is 6.50. The monoisotopic (exact) mass is 364 g/mol. The maximum Gasteiger partial charge on any atom is 0.221 e. The van der Waals surface area contributed by atoms with Gasteiger partial charge in [0.25, 0.3) is 0 Å². The fourth-order valence-corrected chi connectivity index (χ4v) is 3.89. The maximum absolute atomic E-state index is 11.5. The lowest BCUT2D eigenvalue weighted by Gasteiger charge is -2.40. The molecule has 2 N–H and O–H groups in total. The Morgan fingerprint density at radius 3 is 2.31 bits per heavy atom. The van der Waals surface area contributed by atoms with E-state index in [4.69, 9.17) is 0 Å². The van der Waals surface area contributed by atoms with Crippen LogP contribution in [0.4, 0.5) is 0 Å². The van der Waals surface area contributed by atoms with Gasteiger partial charge in [-0.25, -0.2) is 0 Å². The molecule has 0 aromatic rings. The molecule has 1 rings (SSSR count). The van der Waals surface area contributed by atoms with E-state index in [1.165, 1.54) is 57.8 Å². The Labute approximate surface area is 161 Å². The van der Waals surface area contributed by atoms with E-state index in [0.29, 0.717) is 0 Å². The number of hydrogen-bond donors (Lipinski definition) is 2. The minimum Gasteiger partial charge on any atom is -0.334 e. The van der Waals surface area contributed by atoms with Gasteiger partial charge in [-0.2, -0.15) is 0 Å². The highest BCUT2D eigenvalue weighted by Gasteiger charge is 2.40. The molecule has 0 saturated heterocycles. The van der Waals surface area contributed by atoms with Gasteiger partial charge in [0, 0.05) is 13.8 Å². The van der Waals surface area contributed by atoms with Crippen molar-refractivity contribution in [2.75, 3.05) is 6.54 Å². The van der Waals surface area contributed by atoms with Crippen LogP contribution in [0.5, 0.6) is 0 Å². The standard InChI is InChI=1S/C22H41N3O/c1-5-7-8-9-10-11-12-13-14-15-16-17-22-23-18-19-25(22,6-2)20(3)24-21(4)26/h16-20,22-23H,5-15H2,1-4H3/p+1/b17-16+. The SMILES string of the molecule is CCCCCCCCCCC/C=C/C1NC=C[N+]1(CC)C(C)NC(C)=O. The molecule has 0 saturated carbocycles. The van der Waals surface area contributed by atoms with Crippen LogP contribution in [0.3, 0.4) is 0 Å². The Morgan fingerprint density at radius 1 is 1.12 bits per heavy atom. The van der Waals surface area contributed by atoms with Gasteiger partial charge in [0.1, 0.15) is 6.20 Å². The lowest BCUT2D eigenvalue weighted by molar-refractivity contribution is -0.917. The first-order valence-electron chi connectivity index (χ1n) is 10.8. The first-order valence-corrected chi connectivity index (χ1v) is 10.8. The number of amides is 1. The molecule has 0 aromatic heterocycles. The summed E-state index contributed by atoms with van der Waals surface area (Å²) in [6.07, 6.45) is 22.6. The number of allylic oxidation sites excluding steroid dienone is 1. The van der Waals surface area contributed by atoms with Gasteiger partial charge in [0.2, 0.25) is 5.91 Å². The molecule has 26 heavy (non-hydrogen) atoms. The molecular formula is C22H42N3O+. The van der Waals surface area contributed by atoms with E-state index >= 15 is 0 Å². The quantitative estimate of drug-likeness (QED) is 0.253. The Bertz CT molecular complexity index is 447. The van der Waals surface area contributed by atoms with Crippen molar-refractivity contribution in [3.05, 3.63) is 24.6 Å². The smallest absolute Gasteiger partial charge is 0.221 e. The molecule has 3 atom stereocenters. The molecule has 0 spiro atoms. The lowest BCUT2D eigenvalue weighted by atomic mass is 10.1. The number of rotatable bonds is 14. The topological polar surface area (TPSA) is 41.1 Å². The summed E-state index contributed by atoms with van der Waals surface area (Å²) < 4.78 is 0.730. The summed E-state index contributed by atoms with van der Waals surface area (Å²) >= 11 is 0. The Kier molecular flexibility index (Phi) is 11.3. The number of quaternary nitrogens is 1. The van der Waals surface area contributed by atoms with Crippen LogP contribution in [-0.4, -0.2) is 29.3 Å². The number of unbranched alkanes of at least 4 members (excludes halogenated alkanes) is 9. The van der Waals surface area contributed by atoms with Crippen molar-refractivity contribution in [1.82, 2.24) is 10.6 Å². The van der Waals surface area contributed by atoms with Gasteiger partial charge in [0.05, 0.1) is 12.7 Å². The third-order valence-corrected chi connectivity index (χ3v) is 5.61. The van der Waals surface area contributed by atoms with E-state index in [-0.39, 0.29) is 18.2 Å². The van der Waals surface area contributed by atoms with Crippen molar-refractivity contribution in [2.45, 2.75) is 104 Å². The average molecular weight is 365 g/mol. The zero-order valence-electron chi connectivity index (χ0n) is 17.6. The predicted octanol–water partition coefficient (Wildman–Crippen LogP) is 5.18. The molecule has 0 aromatic carbocycles. The second-order valence-electron chi connectivity index (χ2n) is 7.66. The number of nitrogens with zero attached hydrogens (tertiary/aromatic N) is 1. The zero-order chi connectivity index (χ0) is 19.3. The number of likely N-dealkylation sites (N-methyl/N-ethyl adjacent to an activating group) is 1. The average Bonchev–Trinajstić information content (AvgIpc) is 3.03. The van der Waals surface area contributed by atoms with E-state index in [2.05, 4.69) is 49.8 Å². The minimum atomic E-state index is 0.0289. The van der Waals surface area contributed by atoms with Crippen molar-refractivity contribution in [3.8, 4) is 0 Å². The van der Waals surface area contributed by atoms with Crippen LogP contribution in [-0.2, 0) is 4.79 Å². The highest BCUT2D eigenvalue weighted by molar-refractivity contribution is 5.72. The van der Waals surface area contributed by atoms with Gasteiger partial charge in [-0.3, -0.25) is 9.28 Å². The van der Waals surface area contributed by atoms with Gasteiger partial charge in [0.15, 0.2) is 12.3 Å². The third kappa shape index (κ3) is 7.53. The largest absolute Gasteiger partial charge is 0.334 e. The van der Waals surface area contributed by atoms with E-state index in [9.17, 15) is 4.79 Å². The van der Waals surface area contributed by atoms with E-state index in [0.717, 1.165) is 17.4 Å². The van der Waals surface area contributed by atoms with Crippen LogP contribution in [0.15, 0.2) is 24.6 Å². The van der Waals surface area contributed by atoms with Crippen molar-refractivity contribution in [3.63, 3.8) is 0 Å². The Balaban J connectivity index is 2.26. The molecule has 0 bridgehead atoms. The van der Waals surface area contributed by atoms with Gasteiger partial charge >= 0.3 is 0 Å². The highest BCUT2D eigenvalue weighted by atomic mass is 16.1. The number of carbonyl (C=O) groups excluding carboxylic acids is 1. The Hall–Kier alpha value is -1.29. The van der Waals surface area contributed by atoms with E-state index in [1.807, 2.05) is 6.20 Å². The molecule has 0 aliphatic carbocycles. The van der Waals surface area contributed by atoms with Crippen LogP contribution in [0, 0.1) is 0 Å². The molecular weight excluding hydrogens is 322 g/mol. The normalized spacial score (nSPS) is 23.3. The highest BCUT2D eigenvalue weighted by Crippen LogP contribution is 2.23. The molecule has 150 valence electrons. The van der Waals surface area contributed by atoms with Gasteiger partial charge in [-0.1, -0.05) is 64.4 Å². The van der Waals surface area contributed by atoms with Crippen molar-refractivity contribution >= 4 is 5.91 Å². The molecule has 1 amide bonds. The van der Waals surface area contributed by atoms with Crippen LogP contribution in [0.1, 0.15) is 91.9 Å². The van der Waals surface area contributed by atoms with Crippen molar-refractivity contribution in [1.29, 1.82) is 0 Å². The van der Waals surface area contributed by atoms with Gasteiger partial charge in [-0.15, -0.1) is 0 Å². The number of carbonyl (C=O) groups is 1. The van der Waals surface area contributed by atoms with Crippen molar-refractivity contribution < 1.29 is 9.28 Å².